The molecule has 7 N–H and O–H groups in total. The van der Waals surface area contributed by atoms with Crippen LogP contribution < -0.4 is 0 Å². The maximum absolute atomic E-state index is 10.5. The van der Waals surface area contributed by atoms with Crippen LogP contribution in [0, 0.1) is 314 Å². The van der Waals surface area contributed by atoms with E-state index in [1.807, 2.05) is 20.8 Å². The molecular weight excluding hydrogens is 1950 g/mol. The summed E-state index contributed by atoms with van der Waals surface area (Å²) in [7, 11) is 1.00. The van der Waals surface area contributed by atoms with Crippen molar-refractivity contribution in [2.75, 3.05) is 13.7 Å². The molecule has 0 aromatic heterocycles. The first kappa shape index (κ1) is 59.1. The van der Waals surface area contributed by atoms with E-state index in [4.69, 9.17) is 19.3 Å². The number of hydrogen-bond acceptors (Lipinski definition) is 10. The van der Waals surface area contributed by atoms with Crippen molar-refractivity contribution in [2.45, 2.75) is 88.9 Å². The molecule has 0 aromatic carbocycles. The molecule has 0 bridgehead atoms. The molecule has 7 radical (unpaired) electrons. The van der Waals surface area contributed by atoms with Crippen molar-refractivity contribution in [3.63, 3.8) is 0 Å². The maximum Gasteiger partial charge on any atom is 0.187 e. The van der Waals surface area contributed by atoms with Gasteiger partial charge in [0.2, 0.25) is 0 Å². The molecule has 17 heteroatoms. The van der Waals surface area contributed by atoms with Gasteiger partial charge < -0.3 is 50.0 Å². The summed E-state index contributed by atoms with van der Waals surface area (Å²) in [6, 6.07) is 0. The van der Waals surface area contributed by atoms with Crippen LogP contribution in [0.15, 0.2) is 0 Å². The molecule has 0 aliphatic carbocycles. The van der Waals surface area contributed by atoms with Gasteiger partial charge in [-0.05, 0) is 12.3 Å². The Hall–Kier alpha value is 9.69. The third kappa shape index (κ3) is 18.1. The molecule has 2 rings (SSSR count). The molecule has 10 nitrogen and oxygen atoms in total. The van der Waals surface area contributed by atoms with Crippen LogP contribution >= 0.6 is 0 Å². The summed E-state index contributed by atoms with van der Waals surface area (Å²) in [6.45, 7) is 6.51. The van der Waals surface area contributed by atoms with Crippen LogP contribution in [-0.2, 0) is 14.2 Å². The predicted octanol–water partition coefficient (Wildman–Crippen LogP) is -2.66. The van der Waals surface area contributed by atoms with E-state index >= 15 is 0 Å². The summed E-state index contributed by atoms with van der Waals surface area (Å²) in [4.78, 5) is 0. The molecule has 2 aliphatic heterocycles. The number of hydrogen-bond donors (Lipinski definition) is 7. The van der Waals surface area contributed by atoms with Crippen LogP contribution in [0.4, 0.5) is 0 Å². The van der Waals surface area contributed by atoms with Gasteiger partial charge in [0.05, 0.1) is 18.8 Å². The van der Waals surface area contributed by atoms with E-state index in [1.54, 1.807) is 0 Å². The first-order valence-corrected chi connectivity index (χ1v) is 8.91. The monoisotopic (exact) mass is 1990 g/mol. The quantitative estimate of drug-likeness (QED) is 0.159. The molecule has 0 spiro atoms. The van der Waals surface area contributed by atoms with Gasteiger partial charge in [0.15, 0.2) is 6.29 Å². The Balaban J connectivity index is -0.000000158. The van der Waals surface area contributed by atoms with Crippen LogP contribution in [0.25, 0.3) is 0 Å². The van der Waals surface area contributed by atoms with Crippen LogP contribution in [0.3, 0.4) is 0 Å². The average molecular weight is 1990 g/mol. The van der Waals surface area contributed by atoms with Gasteiger partial charge in [0.25, 0.3) is 0 Å². The van der Waals surface area contributed by atoms with Gasteiger partial charge in [-0.15, -0.1) is 0 Å². The topological polar surface area (TPSA) is 169 Å². The van der Waals surface area contributed by atoms with Crippen molar-refractivity contribution in [2.24, 2.45) is 5.41 Å². The fourth-order valence-corrected chi connectivity index (χ4v) is 3.25. The zero-order valence-electron chi connectivity index (χ0n) is 20.4. The second-order valence-corrected chi connectivity index (χ2v) is 7.91. The van der Waals surface area contributed by atoms with Gasteiger partial charge in [-0.3, -0.25) is 0 Å². The smallest absolute Gasteiger partial charge is 0.187 e. The molecule has 2 fully saturated rings. The second kappa shape index (κ2) is 30.1. The SMILES string of the molecule is CO.C[C@H]1OC(O[C@H]2[C@H](O)[C@@H](O)[C@H](C(C)(C)C)O[C@@H]2CO)[C@H](O)[C@@H](O)[C@@H]1O.[Ac].[Ac].[Ac].[Ac].[Ac].[Ac].[Ac]. The van der Waals surface area contributed by atoms with Gasteiger partial charge in [-0.2, -0.15) is 0 Å². The van der Waals surface area contributed by atoms with Crippen LogP contribution in [0.1, 0.15) is 27.7 Å². The zero-order valence-corrected chi connectivity index (χ0v) is 53.6. The Morgan fingerprint density at radius 1 is 0.676 bits per heavy atom. The maximum atomic E-state index is 10.5. The third-order valence-electron chi connectivity index (χ3n) is 4.82. The van der Waals surface area contributed by atoms with Crippen molar-refractivity contribution in [1.29, 1.82) is 0 Å². The molecule has 2 aliphatic rings. The summed E-state index contributed by atoms with van der Waals surface area (Å²) in [5.41, 5.74) is -0.492. The molecule has 2 heterocycles. The van der Waals surface area contributed by atoms with Crippen molar-refractivity contribution >= 4 is 0 Å². The van der Waals surface area contributed by atoms with E-state index in [2.05, 4.69) is 0 Å². The van der Waals surface area contributed by atoms with Crippen molar-refractivity contribution in [3.8, 4) is 0 Å². The van der Waals surface area contributed by atoms with Crippen LogP contribution in [0.5, 0.6) is 0 Å². The molecule has 2 saturated heterocycles. The third-order valence-corrected chi connectivity index (χ3v) is 4.82. The summed E-state index contributed by atoms with van der Waals surface area (Å²) in [5, 5.41) is 67.0. The minimum atomic E-state index is -1.56. The summed E-state index contributed by atoms with van der Waals surface area (Å²) in [6.07, 6.45) is -12.1. The summed E-state index contributed by atoms with van der Waals surface area (Å²) >= 11 is 0. The minimum Gasteiger partial charge on any atom is -0.400 e. The molecular formula is C17H34Ac7O10. The summed E-state index contributed by atoms with van der Waals surface area (Å²) in [5.74, 6) is 0. The van der Waals surface area contributed by atoms with Gasteiger partial charge in [0, 0.05) is 316 Å². The molecule has 0 saturated carbocycles. The van der Waals surface area contributed by atoms with E-state index in [0.29, 0.717) is 0 Å². The van der Waals surface area contributed by atoms with Gasteiger partial charge in [0.1, 0.15) is 42.7 Å². The van der Waals surface area contributed by atoms with Crippen LogP contribution in [0.2, 0.25) is 0 Å². The van der Waals surface area contributed by atoms with Crippen molar-refractivity contribution in [3.05, 3.63) is 0 Å². The number of aliphatic hydroxyl groups excluding tert-OH is 7. The van der Waals surface area contributed by atoms with E-state index in [1.165, 1.54) is 6.92 Å². The molecule has 0 aromatic rings. The molecule has 1 unspecified atom stereocenters. The Labute approximate surface area is 453 Å². The molecule has 183 valence electrons. The largest absolute Gasteiger partial charge is 0.400 e. The Morgan fingerprint density at radius 2 is 1.12 bits per heavy atom. The normalized spacial score (nSPS) is 36.4. The Bertz CT molecular complexity index is 465. The minimum absolute atomic E-state index is 0. The number of rotatable bonds is 3. The fourth-order valence-electron chi connectivity index (χ4n) is 3.25. The second-order valence-electron chi connectivity index (χ2n) is 7.91. The van der Waals surface area contributed by atoms with Crippen molar-refractivity contribution < 1.29 is 358 Å². The van der Waals surface area contributed by atoms with E-state index in [-0.39, 0.29) is 308 Å². The van der Waals surface area contributed by atoms with E-state index in [0.717, 1.165) is 7.11 Å². The van der Waals surface area contributed by atoms with Gasteiger partial charge >= 0.3 is 0 Å². The number of ether oxygens (including phenoxy) is 3. The fraction of sp³-hybridized carbons (Fsp3) is 1.00. The van der Waals surface area contributed by atoms with E-state index < -0.39 is 73.2 Å². The van der Waals surface area contributed by atoms with Gasteiger partial charge in [-0.25, -0.2) is 0 Å². The molecule has 34 heavy (non-hydrogen) atoms. The summed E-state index contributed by atoms with van der Waals surface area (Å²) < 4.78 is 16.6. The molecule has 0 amide bonds. The first-order valence-electron chi connectivity index (χ1n) is 8.91. The first-order chi connectivity index (χ1) is 12.5. The van der Waals surface area contributed by atoms with E-state index in [9.17, 15) is 30.6 Å². The molecule has 10 atom stereocenters. The van der Waals surface area contributed by atoms with Gasteiger partial charge in [-0.1, -0.05) is 20.8 Å². The van der Waals surface area contributed by atoms with Crippen molar-refractivity contribution in [1.82, 2.24) is 0 Å². The predicted molar refractivity (Wildman–Crippen MR) is 92.6 cm³/mol. The zero-order chi connectivity index (χ0) is 21.1. The van der Waals surface area contributed by atoms with Crippen LogP contribution in [-0.4, -0.2) is 111 Å². The average Bonchev–Trinajstić information content (AvgIpc) is 2.62. The standard InChI is InChI=1S/C16H30O9.CH4O.7Ac/c1-6-8(18)9(19)12(22)15(23-6)25-13-7(5-17)24-14(16(2,3)4)11(21)10(13)20;1-2;;;;;;;/h6-15,17-22H,5H2,1-4H3;2H,1H3;;;;;;;/t6-,7-,8-,9+,10-,11-,12-,13-,14-,15?;;;;;;;;/m1......../s1. The Kier molecular flexibility index (Phi) is 52.3. The number of aliphatic hydroxyl groups is 7. The Morgan fingerprint density at radius 3 is 1.50 bits per heavy atom.